The van der Waals surface area contributed by atoms with Crippen molar-refractivity contribution >= 4 is 16.9 Å². The van der Waals surface area contributed by atoms with Gasteiger partial charge >= 0.3 is 6.03 Å². The van der Waals surface area contributed by atoms with Gasteiger partial charge in [-0.1, -0.05) is 6.07 Å². The first kappa shape index (κ1) is 19.1. The third kappa shape index (κ3) is 4.45. The maximum Gasteiger partial charge on any atom is 0.317 e. The van der Waals surface area contributed by atoms with E-state index >= 15 is 0 Å². The Morgan fingerprint density at radius 1 is 1.31 bits per heavy atom. The van der Waals surface area contributed by atoms with Crippen molar-refractivity contribution in [3.8, 4) is 11.5 Å². The predicted octanol–water partition coefficient (Wildman–Crippen LogP) is 3.37. The Kier molecular flexibility index (Phi) is 5.84. The van der Waals surface area contributed by atoms with Gasteiger partial charge in [0.15, 0.2) is 0 Å². The minimum absolute atomic E-state index is 0.0190. The number of nitrogens with zero attached hydrogens (tertiary/aromatic N) is 2. The minimum atomic E-state index is -0.0456. The Morgan fingerprint density at radius 3 is 3.00 bits per heavy atom. The molecule has 152 valence electrons. The molecular formula is C22H26N4O3. The monoisotopic (exact) mass is 394 g/mol. The molecule has 0 radical (unpaired) electrons. The van der Waals surface area contributed by atoms with E-state index in [-0.39, 0.29) is 12.1 Å². The first-order valence-corrected chi connectivity index (χ1v) is 10.1. The third-order valence-electron chi connectivity index (χ3n) is 5.10. The van der Waals surface area contributed by atoms with Crippen LogP contribution in [0.3, 0.4) is 0 Å². The zero-order valence-corrected chi connectivity index (χ0v) is 16.6. The van der Waals surface area contributed by atoms with E-state index in [9.17, 15) is 4.79 Å². The number of nitrogens with one attached hydrogen (secondary N) is 2. The van der Waals surface area contributed by atoms with Crippen molar-refractivity contribution in [1.82, 2.24) is 20.2 Å². The van der Waals surface area contributed by atoms with Crippen LogP contribution in [0, 0.1) is 0 Å². The fraction of sp³-hybridized carbons (Fsp3) is 0.364. The summed E-state index contributed by atoms with van der Waals surface area (Å²) in [5, 5.41) is 4.12. The van der Waals surface area contributed by atoms with Crippen molar-refractivity contribution in [3.63, 3.8) is 0 Å². The number of pyridine rings is 1. The number of fused-ring (bicyclic) bond motifs is 1. The van der Waals surface area contributed by atoms with E-state index in [2.05, 4.69) is 15.3 Å². The van der Waals surface area contributed by atoms with Crippen LogP contribution in [0.5, 0.6) is 11.5 Å². The van der Waals surface area contributed by atoms with E-state index in [1.54, 1.807) is 12.4 Å². The number of hydrogen-bond donors (Lipinski definition) is 2. The molecule has 3 aromatic rings. The number of rotatable bonds is 7. The zero-order valence-electron chi connectivity index (χ0n) is 16.6. The van der Waals surface area contributed by atoms with Gasteiger partial charge in [0.1, 0.15) is 17.6 Å². The van der Waals surface area contributed by atoms with Crippen molar-refractivity contribution in [3.05, 3.63) is 54.5 Å². The SMILES string of the molecule is CCOc1cccc2[nH]cc(CCNC(=O)N3CCC(Oc4ccncc4)C3)c12. The number of ether oxygens (including phenoxy) is 2. The molecule has 2 N–H and O–H groups in total. The van der Waals surface area contributed by atoms with Crippen molar-refractivity contribution in [2.45, 2.75) is 25.9 Å². The summed E-state index contributed by atoms with van der Waals surface area (Å²) in [5.41, 5.74) is 2.19. The van der Waals surface area contributed by atoms with Crippen molar-refractivity contribution in [2.24, 2.45) is 0 Å². The predicted molar refractivity (Wildman–Crippen MR) is 111 cm³/mol. The first-order valence-electron chi connectivity index (χ1n) is 10.1. The van der Waals surface area contributed by atoms with E-state index in [1.807, 2.05) is 48.4 Å². The van der Waals surface area contributed by atoms with Gasteiger partial charge < -0.3 is 24.7 Å². The van der Waals surface area contributed by atoms with Crippen LogP contribution >= 0.6 is 0 Å². The van der Waals surface area contributed by atoms with Gasteiger partial charge in [-0.15, -0.1) is 0 Å². The molecule has 1 aromatic carbocycles. The molecule has 2 aromatic heterocycles. The molecule has 0 saturated carbocycles. The van der Waals surface area contributed by atoms with E-state index in [1.165, 1.54) is 0 Å². The molecular weight excluding hydrogens is 368 g/mol. The quantitative estimate of drug-likeness (QED) is 0.644. The summed E-state index contributed by atoms with van der Waals surface area (Å²) in [6, 6.07) is 9.62. The van der Waals surface area contributed by atoms with Crippen LogP contribution in [0.2, 0.25) is 0 Å². The molecule has 1 unspecified atom stereocenters. The molecule has 0 bridgehead atoms. The third-order valence-corrected chi connectivity index (χ3v) is 5.10. The van der Waals surface area contributed by atoms with E-state index < -0.39 is 0 Å². The highest BCUT2D eigenvalue weighted by molar-refractivity contribution is 5.89. The van der Waals surface area contributed by atoms with Crippen molar-refractivity contribution in [1.29, 1.82) is 0 Å². The van der Waals surface area contributed by atoms with Gasteiger partial charge in [-0.3, -0.25) is 4.98 Å². The van der Waals surface area contributed by atoms with Crippen LogP contribution in [0.4, 0.5) is 4.79 Å². The lowest BCUT2D eigenvalue weighted by atomic mass is 10.1. The molecule has 1 atom stereocenters. The lowest BCUT2D eigenvalue weighted by Gasteiger charge is -2.18. The van der Waals surface area contributed by atoms with Crippen LogP contribution in [0.25, 0.3) is 10.9 Å². The summed E-state index contributed by atoms with van der Waals surface area (Å²) in [7, 11) is 0. The van der Waals surface area contributed by atoms with Gasteiger partial charge in [0.2, 0.25) is 0 Å². The summed E-state index contributed by atoms with van der Waals surface area (Å²) < 4.78 is 11.7. The van der Waals surface area contributed by atoms with Gasteiger partial charge in [0.25, 0.3) is 0 Å². The average Bonchev–Trinajstić information content (AvgIpc) is 3.37. The fourth-order valence-corrected chi connectivity index (χ4v) is 3.73. The lowest BCUT2D eigenvalue weighted by molar-refractivity contribution is 0.187. The Hall–Kier alpha value is -3.22. The Balaban J connectivity index is 1.29. The van der Waals surface area contributed by atoms with Crippen LogP contribution in [-0.2, 0) is 6.42 Å². The number of H-pyrrole nitrogens is 1. The Labute approximate surface area is 170 Å². The Bertz CT molecular complexity index is 957. The molecule has 2 amide bonds. The maximum atomic E-state index is 12.5. The molecule has 7 nitrogen and oxygen atoms in total. The highest BCUT2D eigenvalue weighted by Gasteiger charge is 2.27. The average molecular weight is 394 g/mol. The standard InChI is InChI=1S/C22H26N4O3/c1-2-28-20-5-3-4-19-21(20)16(14-25-19)6-12-24-22(27)26-13-9-18(15-26)29-17-7-10-23-11-8-17/h3-5,7-8,10-11,14,18,25H,2,6,9,12-13,15H2,1H3,(H,24,27). The maximum absolute atomic E-state index is 12.5. The van der Waals surface area contributed by atoms with Gasteiger partial charge in [-0.25, -0.2) is 4.79 Å². The van der Waals surface area contributed by atoms with Crippen LogP contribution in [-0.4, -0.2) is 53.2 Å². The molecule has 1 saturated heterocycles. The molecule has 1 fully saturated rings. The number of aromatic amines is 1. The summed E-state index contributed by atoms with van der Waals surface area (Å²) in [4.78, 5) is 21.6. The van der Waals surface area contributed by atoms with Gasteiger partial charge in [0.05, 0.1) is 13.2 Å². The first-order chi connectivity index (χ1) is 14.2. The fourth-order valence-electron chi connectivity index (χ4n) is 3.73. The smallest absolute Gasteiger partial charge is 0.317 e. The normalized spacial score (nSPS) is 16.2. The van der Waals surface area contributed by atoms with Crippen LogP contribution < -0.4 is 14.8 Å². The molecule has 0 spiro atoms. The second-order valence-corrected chi connectivity index (χ2v) is 7.07. The van der Waals surface area contributed by atoms with Gasteiger partial charge in [0, 0.05) is 49.0 Å². The summed E-state index contributed by atoms with van der Waals surface area (Å²) in [5.74, 6) is 1.67. The number of amides is 2. The Morgan fingerprint density at radius 2 is 2.17 bits per heavy atom. The molecule has 4 rings (SSSR count). The molecule has 7 heteroatoms. The summed E-state index contributed by atoms with van der Waals surface area (Å²) in [6.07, 6.45) is 6.99. The highest BCUT2D eigenvalue weighted by Crippen LogP contribution is 2.29. The van der Waals surface area contributed by atoms with Crippen molar-refractivity contribution in [2.75, 3.05) is 26.2 Å². The lowest BCUT2D eigenvalue weighted by Crippen LogP contribution is -2.40. The van der Waals surface area contributed by atoms with Crippen LogP contribution in [0.1, 0.15) is 18.9 Å². The number of likely N-dealkylation sites (tertiary alicyclic amines) is 1. The minimum Gasteiger partial charge on any atom is -0.493 e. The molecule has 1 aliphatic heterocycles. The molecule has 1 aliphatic rings. The topological polar surface area (TPSA) is 79.5 Å². The van der Waals surface area contributed by atoms with E-state index in [0.29, 0.717) is 26.2 Å². The number of hydrogen-bond acceptors (Lipinski definition) is 4. The molecule has 3 heterocycles. The molecule has 29 heavy (non-hydrogen) atoms. The second-order valence-electron chi connectivity index (χ2n) is 7.07. The highest BCUT2D eigenvalue weighted by atomic mass is 16.5. The summed E-state index contributed by atoms with van der Waals surface area (Å²) in [6.45, 7) is 4.46. The van der Waals surface area contributed by atoms with Gasteiger partial charge in [-0.05, 0) is 43.2 Å². The largest absolute Gasteiger partial charge is 0.493 e. The number of aromatic nitrogens is 2. The number of carbonyl (C=O) groups is 1. The van der Waals surface area contributed by atoms with Crippen molar-refractivity contribution < 1.29 is 14.3 Å². The summed E-state index contributed by atoms with van der Waals surface area (Å²) >= 11 is 0. The second kappa shape index (κ2) is 8.86. The van der Waals surface area contributed by atoms with E-state index in [0.717, 1.165) is 40.8 Å². The van der Waals surface area contributed by atoms with Gasteiger partial charge in [-0.2, -0.15) is 0 Å². The zero-order chi connectivity index (χ0) is 20.1. The van der Waals surface area contributed by atoms with E-state index in [4.69, 9.17) is 9.47 Å². The molecule has 0 aliphatic carbocycles. The number of carbonyl (C=O) groups excluding carboxylic acids is 1. The van der Waals surface area contributed by atoms with Crippen LogP contribution in [0.15, 0.2) is 48.9 Å². The number of urea groups is 1. The number of benzene rings is 1.